The fourth-order valence-corrected chi connectivity index (χ4v) is 1.73. The Kier molecular flexibility index (Phi) is 1.79. The number of hydrogen-bond acceptors (Lipinski definition) is 2. The summed E-state index contributed by atoms with van der Waals surface area (Å²) in [6.45, 7) is 3.35. The van der Waals surface area contributed by atoms with Crippen molar-refractivity contribution < 1.29 is 0 Å². The maximum absolute atomic E-state index is 5.52. The molecule has 0 spiro atoms. The maximum atomic E-state index is 5.52. The number of rotatable bonds is 2. The van der Waals surface area contributed by atoms with Crippen molar-refractivity contribution >= 4 is 5.82 Å². The summed E-state index contributed by atoms with van der Waals surface area (Å²) in [7, 11) is 0. The van der Waals surface area contributed by atoms with Crippen LogP contribution in [-0.4, -0.2) is 9.78 Å². The van der Waals surface area contributed by atoms with Crippen LogP contribution < -0.4 is 5.73 Å². The van der Waals surface area contributed by atoms with Crippen LogP contribution in [0.3, 0.4) is 0 Å². The predicted molar refractivity (Wildman–Crippen MR) is 48.5 cm³/mol. The second-order valence-corrected chi connectivity index (χ2v) is 3.78. The standard InChI is InChI=1S/C9H15N3/c1-7-2-3-8(7)6-12-5-4-9(10)11-12/h4-5,7-8H,2-3,6H2,1H3,(H2,10,11)/t7-,8-/m0/s1. The van der Waals surface area contributed by atoms with Gasteiger partial charge in [-0.2, -0.15) is 5.10 Å². The predicted octanol–water partition coefficient (Wildman–Crippen LogP) is 1.51. The van der Waals surface area contributed by atoms with Gasteiger partial charge in [-0.1, -0.05) is 13.3 Å². The quantitative estimate of drug-likeness (QED) is 0.722. The molecule has 3 heteroatoms. The minimum Gasteiger partial charge on any atom is -0.382 e. The van der Waals surface area contributed by atoms with Gasteiger partial charge in [0.1, 0.15) is 5.82 Å². The normalized spacial score (nSPS) is 28.4. The van der Waals surface area contributed by atoms with Crippen LogP contribution >= 0.6 is 0 Å². The number of anilines is 1. The largest absolute Gasteiger partial charge is 0.382 e. The molecule has 3 nitrogen and oxygen atoms in total. The lowest BCUT2D eigenvalue weighted by molar-refractivity contribution is 0.165. The van der Waals surface area contributed by atoms with Crippen LogP contribution in [0.5, 0.6) is 0 Å². The topological polar surface area (TPSA) is 43.8 Å². The Balaban J connectivity index is 1.95. The summed E-state index contributed by atoms with van der Waals surface area (Å²) in [5.74, 6) is 2.32. The fourth-order valence-electron chi connectivity index (χ4n) is 1.73. The van der Waals surface area contributed by atoms with Crippen molar-refractivity contribution in [3.8, 4) is 0 Å². The first-order valence-electron chi connectivity index (χ1n) is 4.54. The number of nitrogens with zero attached hydrogens (tertiary/aromatic N) is 2. The van der Waals surface area contributed by atoms with Crippen molar-refractivity contribution in [1.29, 1.82) is 0 Å². The summed E-state index contributed by atoms with van der Waals surface area (Å²) in [6, 6.07) is 1.85. The fraction of sp³-hybridized carbons (Fsp3) is 0.667. The molecule has 0 radical (unpaired) electrons. The van der Waals surface area contributed by atoms with Gasteiger partial charge in [0.05, 0.1) is 0 Å². The number of nitrogens with two attached hydrogens (primary N) is 1. The smallest absolute Gasteiger partial charge is 0.145 e. The van der Waals surface area contributed by atoms with E-state index in [-0.39, 0.29) is 0 Å². The second-order valence-electron chi connectivity index (χ2n) is 3.78. The molecular formula is C9H15N3. The lowest BCUT2D eigenvalue weighted by atomic mass is 9.75. The first-order valence-corrected chi connectivity index (χ1v) is 4.54. The van der Waals surface area contributed by atoms with Gasteiger partial charge < -0.3 is 5.73 Å². The summed E-state index contributed by atoms with van der Waals surface area (Å²) >= 11 is 0. The van der Waals surface area contributed by atoms with Gasteiger partial charge in [0.25, 0.3) is 0 Å². The third-order valence-electron chi connectivity index (χ3n) is 2.88. The average molecular weight is 165 g/mol. The molecule has 0 bridgehead atoms. The number of hydrogen-bond donors (Lipinski definition) is 1. The molecular weight excluding hydrogens is 150 g/mol. The number of nitrogen functional groups attached to an aromatic ring is 1. The van der Waals surface area contributed by atoms with Crippen molar-refractivity contribution in [2.45, 2.75) is 26.3 Å². The van der Waals surface area contributed by atoms with Gasteiger partial charge in [0.2, 0.25) is 0 Å². The summed E-state index contributed by atoms with van der Waals surface area (Å²) in [6.07, 6.45) is 4.68. The van der Waals surface area contributed by atoms with E-state index < -0.39 is 0 Å². The first kappa shape index (κ1) is 7.65. The molecule has 1 heterocycles. The van der Waals surface area contributed by atoms with Crippen molar-refractivity contribution in [3.63, 3.8) is 0 Å². The molecule has 0 aliphatic heterocycles. The van der Waals surface area contributed by atoms with Crippen LogP contribution in [0.2, 0.25) is 0 Å². The lowest BCUT2D eigenvalue weighted by Gasteiger charge is -2.33. The van der Waals surface area contributed by atoms with Gasteiger partial charge in [-0.3, -0.25) is 4.68 Å². The molecule has 0 unspecified atom stereocenters. The Morgan fingerprint density at radius 3 is 2.92 bits per heavy atom. The van der Waals surface area contributed by atoms with Gasteiger partial charge in [0.15, 0.2) is 0 Å². The molecule has 0 aromatic carbocycles. The molecule has 12 heavy (non-hydrogen) atoms. The van der Waals surface area contributed by atoms with Crippen LogP contribution in [0.25, 0.3) is 0 Å². The molecule has 1 fully saturated rings. The molecule has 0 saturated heterocycles. The van der Waals surface area contributed by atoms with E-state index in [9.17, 15) is 0 Å². The molecule has 1 aliphatic carbocycles. The van der Waals surface area contributed by atoms with E-state index in [4.69, 9.17) is 5.73 Å². The van der Waals surface area contributed by atoms with E-state index in [2.05, 4.69) is 12.0 Å². The van der Waals surface area contributed by atoms with Crippen molar-refractivity contribution in [2.75, 3.05) is 5.73 Å². The maximum Gasteiger partial charge on any atom is 0.145 e. The Bertz CT molecular complexity index is 266. The van der Waals surface area contributed by atoms with Crippen LogP contribution in [0, 0.1) is 11.8 Å². The van der Waals surface area contributed by atoms with Crippen molar-refractivity contribution in [2.24, 2.45) is 11.8 Å². The average Bonchev–Trinajstić information content (AvgIpc) is 2.44. The minimum atomic E-state index is 0.627. The summed E-state index contributed by atoms with van der Waals surface area (Å²) in [5, 5.41) is 4.16. The molecule has 2 atom stereocenters. The van der Waals surface area contributed by atoms with Crippen LogP contribution in [0.4, 0.5) is 5.82 Å². The molecule has 66 valence electrons. The third-order valence-corrected chi connectivity index (χ3v) is 2.88. The monoisotopic (exact) mass is 165 g/mol. The van der Waals surface area contributed by atoms with Crippen LogP contribution in [0.15, 0.2) is 12.3 Å². The zero-order valence-corrected chi connectivity index (χ0v) is 7.40. The Labute approximate surface area is 72.6 Å². The Morgan fingerprint density at radius 1 is 1.67 bits per heavy atom. The highest BCUT2D eigenvalue weighted by atomic mass is 15.3. The van der Waals surface area contributed by atoms with E-state index in [0.717, 1.165) is 18.4 Å². The number of aromatic nitrogens is 2. The summed E-state index contributed by atoms with van der Waals surface area (Å²) in [5.41, 5.74) is 5.52. The molecule has 1 aliphatic rings. The molecule has 0 amide bonds. The SMILES string of the molecule is C[C@H]1CC[C@H]1Cn1ccc(N)n1. The van der Waals surface area contributed by atoms with E-state index in [1.54, 1.807) is 0 Å². The molecule has 2 N–H and O–H groups in total. The summed E-state index contributed by atoms with van der Waals surface area (Å²) in [4.78, 5) is 0. The molecule has 2 rings (SSSR count). The van der Waals surface area contributed by atoms with Gasteiger partial charge in [-0.05, 0) is 24.3 Å². The molecule has 1 saturated carbocycles. The van der Waals surface area contributed by atoms with Gasteiger partial charge >= 0.3 is 0 Å². The van der Waals surface area contributed by atoms with Gasteiger partial charge in [-0.25, -0.2) is 0 Å². The molecule has 1 aromatic rings. The minimum absolute atomic E-state index is 0.627. The van der Waals surface area contributed by atoms with E-state index in [1.807, 2.05) is 16.9 Å². The van der Waals surface area contributed by atoms with Crippen molar-refractivity contribution in [3.05, 3.63) is 12.3 Å². The zero-order chi connectivity index (χ0) is 8.55. The third kappa shape index (κ3) is 1.31. The zero-order valence-electron chi connectivity index (χ0n) is 7.40. The van der Waals surface area contributed by atoms with E-state index in [0.29, 0.717) is 5.82 Å². The van der Waals surface area contributed by atoms with Gasteiger partial charge in [0, 0.05) is 12.7 Å². The highest BCUT2D eigenvalue weighted by molar-refractivity contribution is 5.23. The van der Waals surface area contributed by atoms with Crippen molar-refractivity contribution in [1.82, 2.24) is 9.78 Å². The highest BCUT2D eigenvalue weighted by Gasteiger charge is 2.26. The van der Waals surface area contributed by atoms with Crippen LogP contribution in [-0.2, 0) is 6.54 Å². The Hall–Kier alpha value is -0.990. The van der Waals surface area contributed by atoms with E-state index >= 15 is 0 Å². The summed E-state index contributed by atoms with van der Waals surface area (Å²) < 4.78 is 1.95. The second kappa shape index (κ2) is 2.81. The van der Waals surface area contributed by atoms with Gasteiger partial charge in [-0.15, -0.1) is 0 Å². The molecule has 1 aromatic heterocycles. The van der Waals surface area contributed by atoms with E-state index in [1.165, 1.54) is 12.8 Å². The first-order chi connectivity index (χ1) is 5.75. The van der Waals surface area contributed by atoms with Crippen LogP contribution in [0.1, 0.15) is 19.8 Å². The Morgan fingerprint density at radius 2 is 2.50 bits per heavy atom. The lowest BCUT2D eigenvalue weighted by Crippen LogP contribution is -2.27. The highest BCUT2D eigenvalue weighted by Crippen LogP contribution is 2.34.